The summed E-state index contributed by atoms with van der Waals surface area (Å²) in [5.41, 5.74) is 4.03. The maximum atomic E-state index is 5.82. The second kappa shape index (κ2) is 6.59. The highest BCUT2D eigenvalue weighted by atomic mass is 16.5. The molecule has 112 valence electrons. The van der Waals surface area contributed by atoms with Crippen molar-refractivity contribution < 1.29 is 4.74 Å². The summed E-state index contributed by atoms with van der Waals surface area (Å²) < 4.78 is 5.82. The van der Waals surface area contributed by atoms with Gasteiger partial charge in [-0.2, -0.15) is 0 Å². The smallest absolute Gasteiger partial charge is 0.0801 e. The molecule has 0 unspecified atom stereocenters. The van der Waals surface area contributed by atoms with Crippen LogP contribution in [0, 0.1) is 6.92 Å². The van der Waals surface area contributed by atoms with Gasteiger partial charge >= 0.3 is 0 Å². The van der Waals surface area contributed by atoms with E-state index in [1.807, 2.05) is 0 Å². The monoisotopic (exact) mass is 276 g/mol. The standard InChI is InChI=1S/C17H28N2O/c1-5-8-18-12-15-11-14(2)6-7-16(15)19-9-10-20-17(3,4)13-19/h6-7,11,18H,5,8-10,12-13H2,1-4H3. The molecule has 0 amide bonds. The van der Waals surface area contributed by atoms with Crippen LogP contribution in [0.2, 0.25) is 0 Å². The number of hydrogen-bond donors (Lipinski definition) is 1. The van der Waals surface area contributed by atoms with E-state index in [1.165, 1.54) is 23.2 Å². The van der Waals surface area contributed by atoms with Gasteiger partial charge in [-0.1, -0.05) is 24.6 Å². The highest BCUT2D eigenvalue weighted by molar-refractivity contribution is 5.55. The van der Waals surface area contributed by atoms with E-state index in [0.717, 1.165) is 32.8 Å². The summed E-state index contributed by atoms with van der Waals surface area (Å²) in [6, 6.07) is 6.78. The summed E-state index contributed by atoms with van der Waals surface area (Å²) in [7, 11) is 0. The van der Waals surface area contributed by atoms with Crippen LogP contribution in [-0.4, -0.2) is 31.8 Å². The summed E-state index contributed by atoms with van der Waals surface area (Å²) in [5.74, 6) is 0. The first-order valence-electron chi connectivity index (χ1n) is 7.71. The fraction of sp³-hybridized carbons (Fsp3) is 0.647. The summed E-state index contributed by atoms with van der Waals surface area (Å²) in [5, 5.41) is 3.52. The maximum absolute atomic E-state index is 5.82. The molecule has 2 rings (SSSR count). The number of morpholine rings is 1. The Bertz CT molecular complexity index is 443. The van der Waals surface area contributed by atoms with Crippen LogP contribution >= 0.6 is 0 Å². The van der Waals surface area contributed by atoms with Crippen LogP contribution in [0.3, 0.4) is 0 Å². The Morgan fingerprint density at radius 1 is 1.35 bits per heavy atom. The van der Waals surface area contributed by atoms with Crippen LogP contribution < -0.4 is 10.2 Å². The van der Waals surface area contributed by atoms with Crippen LogP contribution in [0.4, 0.5) is 5.69 Å². The molecule has 3 nitrogen and oxygen atoms in total. The molecule has 0 spiro atoms. The Morgan fingerprint density at radius 2 is 2.15 bits per heavy atom. The number of ether oxygens (including phenoxy) is 1. The van der Waals surface area contributed by atoms with Crippen LogP contribution in [0.1, 0.15) is 38.3 Å². The second-order valence-corrected chi connectivity index (χ2v) is 6.34. The molecule has 1 aliphatic rings. The molecule has 1 saturated heterocycles. The molecule has 0 aromatic heterocycles. The fourth-order valence-electron chi connectivity index (χ4n) is 2.79. The zero-order valence-corrected chi connectivity index (χ0v) is 13.3. The van der Waals surface area contributed by atoms with Gasteiger partial charge < -0.3 is 15.0 Å². The number of benzene rings is 1. The minimum Gasteiger partial charge on any atom is -0.372 e. The highest BCUT2D eigenvalue weighted by Crippen LogP contribution is 2.27. The van der Waals surface area contributed by atoms with Crippen LogP contribution in [0.15, 0.2) is 18.2 Å². The summed E-state index contributed by atoms with van der Waals surface area (Å²) in [6.45, 7) is 13.5. The van der Waals surface area contributed by atoms with Gasteiger partial charge in [0.05, 0.1) is 12.2 Å². The summed E-state index contributed by atoms with van der Waals surface area (Å²) >= 11 is 0. The third-order valence-electron chi connectivity index (χ3n) is 3.74. The molecule has 1 aromatic carbocycles. The molecular weight excluding hydrogens is 248 g/mol. The highest BCUT2D eigenvalue weighted by Gasteiger charge is 2.28. The predicted octanol–water partition coefficient (Wildman–Crippen LogP) is 3.11. The molecule has 1 heterocycles. The molecule has 0 atom stereocenters. The van der Waals surface area contributed by atoms with Gasteiger partial charge in [0.2, 0.25) is 0 Å². The normalized spacial score (nSPS) is 18.3. The topological polar surface area (TPSA) is 24.5 Å². The zero-order valence-electron chi connectivity index (χ0n) is 13.3. The largest absolute Gasteiger partial charge is 0.372 e. The average molecular weight is 276 g/mol. The van der Waals surface area contributed by atoms with Gasteiger partial charge in [0.25, 0.3) is 0 Å². The Morgan fingerprint density at radius 3 is 2.85 bits per heavy atom. The Labute approximate surface area is 123 Å². The molecule has 0 aliphatic carbocycles. The molecule has 0 radical (unpaired) electrons. The first-order chi connectivity index (χ1) is 9.52. The fourth-order valence-corrected chi connectivity index (χ4v) is 2.79. The lowest BCUT2D eigenvalue weighted by Crippen LogP contribution is -2.48. The summed E-state index contributed by atoms with van der Waals surface area (Å²) in [4.78, 5) is 2.46. The van der Waals surface area contributed by atoms with E-state index in [2.05, 4.69) is 56.1 Å². The van der Waals surface area contributed by atoms with Gasteiger partial charge in [-0.05, 0) is 45.4 Å². The molecule has 1 aliphatic heterocycles. The lowest BCUT2D eigenvalue weighted by molar-refractivity contribution is -0.0277. The third kappa shape index (κ3) is 3.97. The predicted molar refractivity (Wildman–Crippen MR) is 85.4 cm³/mol. The minimum absolute atomic E-state index is 0.0583. The molecule has 1 fully saturated rings. The summed E-state index contributed by atoms with van der Waals surface area (Å²) in [6.07, 6.45) is 1.17. The van der Waals surface area contributed by atoms with Crippen molar-refractivity contribution in [3.63, 3.8) is 0 Å². The molecular formula is C17H28N2O. The van der Waals surface area contributed by atoms with Crippen molar-refractivity contribution in [2.45, 2.75) is 46.3 Å². The molecule has 20 heavy (non-hydrogen) atoms. The number of hydrogen-bond acceptors (Lipinski definition) is 3. The molecule has 3 heteroatoms. The quantitative estimate of drug-likeness (QED) is 0.836. The van der Waals surface area contributed by atoms with E-state index in [4.69, 9.17) is 4.74 Å². The van der Waals surface area contributed by atoms with Crippen LogP contribution in [0.25, 0.3) is 0 Å². The van der Waals surface area contributed by atoms with Gasteiger partial charge in [0.15, 0.2) is 0 Å². The van der Waals surface area contributed by atoms with Crippen molar-refractivity contribution in [1.29, 1.82) is 0 Å². The number of nitrogens with one attached hydrogen (secondary N) is 1. The van der Waals surface area contributed by atoms with E-state index in [1.54, 1.807) is 0 Å². The van der Waals surface area contributed by atoms with Gasteiger partial charge in [-0.25, -0.2) is 0 Å². The van der Waals surface area contributed by atoms with Gasteiger partial charge in [-0.15, -0.1) is 0 Å². The van der Waals surface area contributed by atoms with Gasteiger partial charge in [-0.3, -0.25) is 0 Å². The lowest BCUT2D eigenvalue weighted by atomic mass is 10.0. The first-order valence-corrected chi connectivity index (χ1v) is 7.71. The Balaban J connectivity index is 2.17. The van der Waals surface area contributed by atoms with E-state index >= 15 is 0 Å². The second-order valence-electron chi connectivity index (χ2n) is 6.34. The van der Waals surface area contributed by atoms with Crippen molar-refractivity contribution >= 4 is 5.69 Å². The third-order valence-corrected chi connectivity index (χ3v) is 3.74. The van der Waals surface area contributed by atoms with Crippen LogP contribution in [0.5, 0.6) is 0 Å². The number of rotatable bonds is 5. The molecule has 0 saturated carbocycles. The number of nitrogens with zero attached hydrogens (tertiary/aromatic N) is 1. The molecule has 1 aromatic rings. The lowest BCUT2D eigenvalue weighted by Gasteiger charge is -2.40. The first kappa shape index (κ1) is 15.3. The SMILES string of the molecule is CCCNCc1cc(C)ccc1N1CCOC(C)(C)C1. The number of aryl methyl sites for hydroxylation is 1. The van der Waals surface area contributed by atoms with Crippen LogP contribution in [-0.2, 0) is 11.3 Å². The van der Waals surface area contributed by atoms with Crippen molar-refractivity contribution in [3.05, 3.63) is 29.3 Å². The van der Waals surface area contributed by atoms with Gasteiger partial charge in [0.1, 0.15) is 0 Å². The van der Waals surface area contributed by atoms with E-state index in [9.17, 15) is 0 Å². The molecule has 1 N–H and O–H groups in total. The van der Waals surface area contributed by atoms with Crippen molar-refractivity contribution in [2.75, 3.05) is 31.1 Å². The van der Waals surface area contributed by atoms with Crippen molar-refractivity contribution in [1.82, 2.24) is 5.32 Å². The van der Waals surface area contributed by atoms with Crippen molar-refractivity contribution in [3.8, 4) is 0 Å². The van der Waals surface area contributed by atoms with E-state index in [-0.39, 0.29) is 5.60 Å². The Hall–Kier alpha value is -1.06. The van der Waals surface area contributed by atoms with Gasteiger partial charge in [0, 0.05) is 25.3 Å². The zero-order chi connectivity index (χ0) is 14.6. The Kier molecular flexibility index (Phi) is 5.06. The van der Waals surface area contributed by atoms with E-state index in [0.29, 0.717) is 0 Å². The van der Waals surface area contributed by atoms with E-state index < -0.39 is 0 Å². The van der Waals surface area contributed by atoms with Crippen molar-refractivity contribution in [2.24, 2.45) is 0 Å². The molecule has 0 bridgehead atoms. The number of anilines is 1. The maximum Gasteiger partial charge on any atom is 0.0801 e. The minimum atomic E-state index is -0.0583. The average Bonchev–Trinajstić information content (AvgIpc) is 2.38.